The standard InChI is InChI=1S/C26H21Cl3N4OS/c27-19-13-17(30-25(28)32-19)23-21(15-7-3-1-4-8-15)24(22(23)16-9-5-2-6-10-16)18-14-20(35-12-11-34)33-26(29)31-18/h1-10,13-14,21-24,34H,11-12H2. The Hall–Kier alpha value is -2.22. The first-order valence-corrected chi connectivity index (χ1v) is 13.2. The number of rotatable bonds is 7. The van der Waals surface area contributed by atoms with Gasteiger partial charge in [-0.3, -0.25) is 0 Å². The molecule has 0 aliphatic heterocycles. The zero-order valence-electron chi connectivity index (χ0n) is 18.4. The summed E-state index contributed by atoms with van der Waals surface area (Å²) in [6, 6.07) is 24.4. The molecule has 0 spiro atoms. The molecule has 178 valence electrons. The summed E-state index contributed by atoms with van der Waals surface area (Å²) in [6.07, 6.45) is 0. The van der Waals surface area contributed by atoms with E-state index in [2.05, 4.69) is 44.2 Å². The Morgan fingerprint density at radius 3 is 1.69 bits per heavy atom. The zero-order chi connectivity index (χ0) is 24.4. The third kappa shape index (κ3) is 5.18. The molecule has 2 heterocycles. The molecule has 2 aromatic carbocycles. The highest BCUT2D eigenvalue weighted by Crippen LogP contribution is 2.66. The minimum atomic E-state index is -0.00918. The van der Waals surface area contributed by atoms with Crippen LogP contribution in [0.3, 0.4) is 0 Å². The van der Waals surface area contributed by atoms with Crippen LogP contribution in [0.25, 0.3) is 0 Å². The molecular weight excluding hydrogens is 523 g/mol. The number of hydrogen-bond donors (Lipinski definition) is 1. The van der Waals surface area contributed by atoms with Crippen molar-refractivity contribution in [2.75, 3.05) is 12.4 Å². The van der Waals surface area contributed by atoms with E-state index in [1.165, 1.54) is 22.9 Å². The van der Waals surface area contributed by atoms with Crippen LogP contribution in [0.5, 0.6) is 0 Å². The van der Waals surface area contributed by atoms with E-state index in [0.29, 0.717) is 10.9 Å². The van der Waals surface area contributed by atoms with Gasteiger partial charge in [0.15, 0.2) is 0 Å². The second-order valence-corrected chi connectivity index (χ2v) is 10.5. The average Bonchev–Trinajstić information content (AvgIpc) is 2.83. The summed E-state index contributed by atoms with van der Waals surface area (Å²) in [5.74, 6) is 0.619. The number of aliphatic hydroxyl groups is 1. The highest BCUT2D eigenvalue weighted by atomic mass is 35.5. The first kappa shape index (κ1) is 24.5. The first-order valence-electron chi connectivity index (χ1n) is 11.1. The maximum absolute atomic E-state index is 9.29. The normalized spacial score (nSPS) is 21.5. The van der Waals surface area contributed by atoms with Crippen LogP contribution >= 0.6 is 46.6 Å². The second kappa shape index (κ2) is 10.8. The van der Waals surface area contributed by atoms with Crippen molar-refractivity contribution in [3.8, 4) is 0 Å². The predicted octanol–water partition coefficient (Wildman–Crippen LogP) is 6.76. The SMILES string of the molecule is OCCSc1cc(C2C(c3ccccc3)C(c3cc(Cl)nc(Cl)n3)C2c2ccccc2)nc(Cl)n1. The molecule has 2 aromatic heterocycles. The van der Waals surface area contributed by atoms with Crippen molar-refractivity contribution in [2.45, 2.75) is 28.7 Å². The molecular formula is C26H21Cl3N4OS. The number of aliphatic hydroxyl groups excluding tert-OH is 1. The first-order chi connectivity index (χ1) is 17.0. The number of halogens is 3. The average molecular weight is 544 g/mol. The smallest absolute Gasteiger partial charge is 0.224 e. The van der Waals surface area contributed by atoms with Crippen LogP contribution in [-0.2, 0) is 0 Å². The van der Waals surface area contributed by atoms with Gasteiger partial charge in [-0.25, -0.2) is 19.9 Å². The van der Waals surface area contributed by atoms with E-state index in [1.54, 1.807) is 6.07 Å². The van der Waals surface area contributed by atoms with Gasteiger partial charge in [0.1, 0.15) is 10.2 Å². The summed E-state index contributed by atoms with van der Waals surface area (Å²) in [5, 5.41) is 10.7. The minimum Gasteiger partial charge on any atom is -0.396 e. The molecule has 0 bridgehead atoms. The summed E-state index contributed by atoms with van der Waals surface area (Å²) >= 11 is 20.4. The fraction of sp³-hybridized carbons (Fsp3) is 0.231. The lowest BCUT2D eigenvalue weighted by Gasteiger charge is -2.52. The van der Waals surface area contributed by atoms with Crippen LogP contribution in [0.1, 0.15) is 46.2 Å². The van der Waals surface area contributed by atoms with Gasteiger partial charge in [0.2, 0.25) is 10.6 Å². The Balaban J connectivity index is 1.68. The van der Waals surface area contributed by atoms with E-state index < -0.39 is 0 Å². The van der Waals surface area contributed by atoms with Crippen LogP contribution in [-0.4, -0.2) is 37.4 Å². The van der Waals surface area contributed by atoms with Gasteiger partial charge in [0, 0.05) is 29.4 Å². The van der Waals surface area contributed by atoms with Crippen LogP contribution in [0, 0.1) is 0 Å². The van der Waals surface area contributed by atoms with E-state index in [0.717, 1.165) is 16.4 Å². The number of benzene rings is 2. The molecule has 0 radical (unpaired) electrons. The van der Waals surface area contributed by atoms with Crippen molar-refractivity contribution in [1.29, 1.82) is 0 Å². The van der Waals surface area contributed by atoms with Crippen LogP contribution in [0.2, 0.25) is 15.7 Å². The Morgan fingerprint density at radius 2 is 1.17 bits per heavy atom. The van der Waals surface area contributed by atoms with Crippen molar-refractivity contribution in [1.82, 2.24) is 19.9 Å². The summed E-state index contributed by atoms with van der Waals surface area (Å²) in [5.41, 5.74) is 3.99. The molecule has 2 atom stereocenters. The Morgan fingerprint density at radius 1 is 0.657 bits per heavy atom. The van der Waals surface area contributed by atoms with Crippen molar-refractivity contribution < 1.29 is 5.11 Å². The van der Waals surface area contributed by atoms with E-state index in [4.69, 9.17) is 34.8 Å². The predicted molar refractivity (Wildman–Crippen MR) is 141 cm³/mol. The number of aromatic nitrogens is 4. The lowest BCUT2D eigenvalue weighted by atomic mass is 9.50. The lowest BCUT2D eigenvalue weighted by molar-refractivity contribution is 0.219. The maximum atomic E-state index is 9.29. The fourth-order valence-corrected chi connectivity index (χ4v) is 6.37. The molecule has 1 aliphatic carbocycles. The van der Waals surface area contributed by atoms with Gasteiger partial charge in [0.05, 0.1) is 18.0 Å². The molecule has 0 amide bonds. The summed E-state index contributed by atoms with van der Waals surface area (Å²) in [7, 11) is 0. The molecule has 1 fully saturated rings. The maximum Gasteiger partial charge on any atom is 0.224 e. The Bertz CT molecular complexity index is 1250. The zero-order valence-corrected chi connectivity index (χ0v) is 21.5. The van der Waals surface area contributed by atoms with Crippen LogP contribution in [0.15, 0.2) is 77.8 Å². The van der Waals surface area contributed by atoms with Gasteiger partial charge in [-0.1, -0.05) is 72.3 Å². The second-order valence-electron chi connectivity index (χ2n) is 8.28. The van der Waals surface area contributed by atoms with Gasteiger partial charge < -0.3 is 5.11 Å². The van der Waals surface area contributed by atoms with Gasteiger partial charge in [-0.2, -0.15) is 0 Å². The third-order valence-corrected chi connectivity index (χ3v) is 7.75. The number of thioether (sulfide) groups is 1. The molecule has 1 N–H and O–H groups in total. The van der Waals surface area contributed by atoms with E-state index >= 15 is 0 Å². The lowest BCUT2D eigenvalue weighted by Crippen LogP contribution is -2.41. The highest BCUT2D eigenvalue weighted by Gasteiger charge is 2.54. The Labute approximate surface area is 222 Å². The topological polar surface area (TPSA) is 71.8 Å². The number of hydrogen-bond acceptors (Lipinski definition) is 6. The van der Waals surface area contributed by atoms with Crippen molar-refractivity contribution in [3.63, 3.8) is 0 Å². The summed E-state index contributed by atoms with van der Waals surface area (Å²) in [4.78, 5) is 17.7. The monoisotopic (exact) mass is 542 g/mol. The van der Waals surface area contributed by atoms with Crippen molar-refractivity contribution in [3.05, 3.63) is 111 Å². The number of nitrogens with zero attached hydrogens (tertiary/aromatic N) is 4. The highest BCUT2D eigenvalue weighted by molar-refractivity contribution is 7.99. The molecule has 1 saturated carbocycles. The summed E-state index contributed by atoms with van der Waals surface area (Å²) in [6.45, 7) is 0.0572. The third-order valence-electron chi connectivity index (χ3n) is 6.32. The van der Waals surface area contributed by atoms with Gasteiger partial charge in [-0.05, 0) is 46.5 Å². The van der Waals surface area contributed by atoms with Gasteiger partial charge in [-0.15, -0.1) is 11.8 Å². The molecule has 2 unspecified atom stereocenters. The van der Waals surface area contributed by atoms with Crippen LogP contribution < -0.4 is 0 Å². The van der Waals surface area contributed by atoms with E-state index in [9.17, 15) is 5.11 Å². The molecule has 5 nitrogen and oxygen atoms in total. The molecule has 9 heteroatoms. The van der Waals surface area contributed by atoms with Crippen molar-refractivity contribution >= 4 is 46.6 Å². The molecule has 4 aromatic rings. The molecule has 0 saturated heterocycles. The quantitative estimate of drug-likeness (QED) is 0.158. The van der Waals surface area contributed by atoms with E-state index in [-0.39, 0.29) is 40.8 Å². The summed E-state index contributed by atoms with van der Waals surface area (Å²) < 4.78 is 0. The van der Waals surface area contributed by atoms with Crippen LogP contribution in [0.4, 0.5) is 0 Å². The Kier molecular flexibility index (Phi) is 7.56. The largest absolute Gasteiger partial charge is 0.396 e. The fourth-order valence-electron chi connectivity index (χ4n) is 5.05. The molecule has 5 rings (SSSR count). The minimum absolute atomic E-state index is 0.00583. The molecule has 1 aliphatic rings. The molecule has 35 heavy (non-hydrogen) atoms. The van der Waals surface area contributed by atoms with E-state index in [1.807, 2.05) is 42.5 Å². The van der Waals surface area contributed by atoms with Gasteiger partial charge in [0.25, 0.3) is 0 Å². The van der Waals surface area contributed by atoms with Gasteiger partial charge >= 0.3 is 0 Å². The van der Waals surface area contributed by atoms with Crippen molar-refractivity contribution in [2.24, 2.45) is 0 Å².